The lowest BCUT2D eigenvalue weighted by atomic mass is 9.67. The van der Waals surface area contributed by atoms with Crippen LogP contribution in [-0.2, 0) is 16.5 Å². The number of nitrogens with one attached hydrogen (secondary N) is 1. The van der Waals surface area contributed by atoms with Crippen LogP contribution in [0.25, 0.3) is 11.0 Å². The molecule has 8 nitrogen and oxygen atoms in total. The highest BCUT2D eigenvalue weighted by Crippen LogP contribution is 2.48. The summed E-state index contributed by atoms with van der Waals surface area (Å²) in [6.07, 6.45) is 1.62. The first-order valence-corrected chi connectivity index (χ1v) is 11.0. The van der Waals surface area contributed by atoms with Crippen molar-refractivity contribution in [2.45, 2.75) is 50.7 Å². The smallest absolute Gasteiger partial charge is 0.410 e. The van der Waals surface area contributed by atoms with Gasteiger partial charge in [0.15, 0.2) is 0 Å². The van der Waals surface area contributed by atoms with Crippen molar-refractivity contribution in [3.63, 3.8) is 0 Å². The molecule has 170 valence electrons. The molecule has 31 heavy (non-hydrogen) atoms. The molecule has 2 fully saturated rings. The Balaban J connectivity index is 1.37. The summed E-state index contributed by atoms with van der Waals surface area (Å²) in [5.41, 5.74) is 2.35. The van der Waals surface area contributed by atoms with Gasteiger partial charge in [0.2, 0.25) is 0 Å². The van der Waals surface area contributed by atoms with Crippen molar-refractivity contribution < 1.29 is 14.3 Å². The summed E-state index contributed by atoms with van der Waals surface area (Å²) in [6, 6.07) is 6.09. The Hall–Kier alpha value is -2.32. The van der Waals surface area contributed by atoms with E-state index in [1.54, 1.807) is 16.6 Å². The van der Waals surface area contributed by atoms with E-state index < -0.39 is 5.60 Å². The molecule has 8 heteroatoms. The molecule has 0 spiro atoms. The highest BCUT2D eigenvalue weighted by molar-refractivity contribution is 5.79. The minimum Gasteiger partial charge on any atom is -0.444 e. The molecule has 2 aromatic rings. The standard InChI is InChI=1S/C23H34N4O4/c1-22(2,3)31-21(29)27-11-9-26(10-12-27)15-23(30-5)13-16(14-23)17-7-6-8-18-19(17)25(4)20(28)24-18/h6-8,16H,9-15H2,1-5H3,(H,24,28)/t16-,23-. The molecule has 1 amide bonds. The molecule has 1 aliphatic heterocycles. The van der Waals surface area contributed by atoms with Gasteiger partial charge in [-0.1, -0.05) is 12.1 Å². The number of para-hydroxylation sites is 1. The first kappa shape index (κ1) is 21.9. The van der Waals surface area contributed by atoms with Crippen molar-refractivity contribution in [3.8, 4) is 0 Å². The number of aromatic nitrogens is 2. The van der Waals surface area contributed by atoms with Crippen LogP contribution in [0.15, 0.2) is 23.0 Å². The van der Waals surface area contributed by atoms with Gasteiger partial charge in [0, 0.05) is 46.9 Å². The van der Waals surface area contributed by atoms with Crippen molar-refractivity contribution in [1.29, 1.82) is 0 Å². The van der Waals surface area contributed by atoms with Crippen LogP contribution >= 0.6 is 0 Å². The predicted molar refractivity (Wildman–Crippen MR) is 120 cm³/mol. The van der Waals surface area contributed by atoms with Crippen LogP contribution in [-0.4, -0.2) is 76.5 Å². The Kier molecular flexibility index (Phi) is 5.64. The van der Waals surface area contributed by atoms with Gasteiger partial charge in [0.1, 0.15) is 5.60 Å². The number of ether oxygens (including phenoxy) is 2. The molecule has 0 radical (unpaired) electrons. The van der Waals surface area contributed by atoms with Gasteiger partial charge in [-0.15, -0.1) is 0 Å². The SMILES string of the molecule is CO[C@]1(CN2CCN(C(=O)OC(C)(C)C)CC2)C[C@@H](c2cccc3[nH]c(=O)n(C)c32)C1. The fourth-order valence-corrected chi connectivity index (χ4v) is 4.91. The normalized spacial score (nSPS) is 24.9. The van der Waals surface area contributed by atoms with E-state index in [0.29, 0.717) is 19.0 Å². The van der Waals surface area contributed by atoms with E-state index in [4.69, 9.17) is 9.47 Å². The Labute approximate surface area is 183 Å². The highest BCUT2D eigenvalue weighted by Gasteiger charge is 2.47. The Morgan fingerprint density at radius 3 is 2.48 bits per heavy atom. The number of benzene rings is 1. The number of amides is 1. The monoisotopic (exact) mass is 430 g/mol. The molecule has 2 aliphatic rings. The minimum atomic E-state index is -0.471. The third kappa shape index (κ3) is 4.36. The summed E-state index contributed by atoms with van der Waals surface area (Å²) in [6.45, 7) is 9.50. The molecule has 1 aromatic heterocycles. The van der Waals surface area contributed by atoms with Crippen molar-refractivity contribution in [2.24, 2.45) is 7.05 Å². The number of carbonyl (C=O) groups excluding carboxylic acids is 1. The lowest BCUT2D eigenvalue weighted by Crippen LogP contribution is -2.57. The molecule has 0 bridgehead atoms. The number of aromatic amines is 1. The molecule has 1 aromatic carbocycles. The number of methoxy groups -OCH3 is 1. The molecule has 0 atom stereocenters. The van der Waals surface area contributed by atoms with E-state index in [2.05, 4.69) is 16.0 Å². The Bertz CT molecular complexity index is 1000. The molecule has 1 aliphatic carbocycles. The molecule has 0 unspecified atom stereocenters. The number of hydrogen-bond acceptors (Lipinski definition) is 5. The van der Waals surface area contributed by atoms with Gasteiger partial charge in [0.05, 0.1) is 16.6 Å². The first-order valence-electron chi connectivity index (χ1n) is 11.0. The van der Waals surface area contributed by atoms with Crippen LogP contribution in [0.4, 0.5) is 4.79 Å². The van der Waals surface area contributed by atoms with E-state index in [0.717, 1.165) is 43.5 Å². The summed E-state index contributed by atoms with van der Waals surface area (Å²) >= 11 is 0. The number of carbonyl (C=O) groups is 1. The summed E-state index contributed by atoms with van der Waals surface area (Å²) in [5.74, 6) is 0.369. The number of piperazine rings is 1. The zero-order valence-electron chi connectivity index (χ0n) is 19.2. The number of hydrogen-bond donors (Lipinski definition) is 1. The summed E-state index contributed by atoms with van der Waals surface area (Å²) in [7, 11) is 3.61. The van der Waals surface area contributed by atoms with Gasteiger partial charge in [-0.2, -0.15) is 0 Å². The van der Waals surface area contributed by atoms with Gasteiger partial charge >= 0.3 is 11.8 Å². The minimum absolute atomic E-state index is 0.0809. The fourth-order valence-electron chi connectivity index (χ4n) is 4.91. The lowest BCUT2D eigenvalue weighted by molar-refractivity contribution is -0.107. The Morgan fingerprint density at radius 1 is 1.19 bits per heavy atom. The third-order valence-electron chi connectivity index (χ3n) is 6.59. The zero-order valence-corrected chi connectivity index (χ0v) is 19.2. The maximum Gasteiger partial charge on any atom is 0.410 e. The van der Waals surface area contributed by atoms with E-state index >= 15 is 0 Å². The molecule has 1 N–H and O–H groups in total. The van der Waals surface area contributed by atoms with E-state index in [1.807, 2.05) is 40.0 Å². The number of aryl methyl sites for hydroxylation is 1. The Morgan fingerprint density at radius 2 is 1.87 bits per heavy atom. The van der Waals surface area contributed by atoms with Gasteiger partial charge in [-0.05, 0) is 51.2 Å². The summed E-state index contributed by atoms with van der Waals surface area (Å²) in [4.78, 5) is 31.5. The van der Waals surface area contributed by atoms with Crippen LogP contribution in [0.1, 0.15) is 45.1 Å². The number of rotatable bonds is 4. The molecule has 4 rings (SSSR count). The topological polar surface area (TPSA) is 79.8 Å². The first-order chi connectivity index (χ1) is 14.6. The third-order valence-corrected chi connectivity index (χ3v) is 6.59. The molecule has 1 saturated heterocycles. The van der Waals surface area contributed by atoms with Crippen molar-refractivity contribution in [1.82, 2.24) is 19.4 Å². The lowest BCUT2D eigenvalue weighted by Gasteiger charge is -2.50. The maximum atomic E-state index is 12.3. The quantitative estimate of drug-likeness (QED) is 0.807. The number of imidazole rings is 1. The van der Waals surface area contributed by atoms with E-state index in [1.165, 1.54) is 5.56 Å². The average Bonchev–Trinajstić information content (AvgIpc) is 2.98. The van der Waals surface area contributed by atoms with Gasteiger partial charge in [-0.25, -0.2) is 9.59 Å². The molecule has 2 heterocycles. The van der Waals surface area contributed by atoms with Crippen LogP contribution in [0.5, 0.6) is 0 Å². The maximum absolute atomic E-state index is 12.3. The number of H-pyrrole nitrogens is 1. The average molecular weight is 431 g/mol. The zero-order chi connectivity index (χ0) is 22.4. The van der Waals surface area contributed by atoms with Gasteiger partial charge in [-0.3, -0.25) is 9.47 Å². The molecule has 1 saturated carbocycles. The van der Waals surface area contributed by atoms with Crippen molar-refractivity contribution in [3.05, 3.63) is 34.2 Å². The molecular formula is C23H34N4O4. The van der Waals surface area contributed by atoms with E-state index in [9.17, 15) is 9.59 Å². The second-order valence-electron chi connectivity index (χ2n) is 9.97. The van der Waals surface area contributed by atoms with Crippen LogP contribution < -0.4 is 5.69 Å². The largest absolute Gasteiger partial charge is 0.444 e. The number of nitrogens with zero attached hydrogens (tertiary/aromatic N) is 3. The van der Waals surface area contributed by atoms with Crippen LogP contribution in [0.3, 0.4) is 0 Å². The van der Waals surface area contributed by atoms with Gasteiger partial charge in [0.25, 0.3) is 0 Å². The fraction of sp³-hybridized carbons (Fsp3) is 0.652. The van der Waals surface area contributed by atoms with Crippen molar-refractivity contribution in [2.75, 3.05) is 39.8 Å². The number of fused-ring (bicyclic) bond motifs is 1. The van der Waals surface area contributed by atoms with Gasteiger partial charge < -0.3 is 19.4 Å². The summed E-state index contributed by atoms with van der Waals surface area (Å²) < 4.78 is 13.2. The predicted octanol–water partition coefficient (Wildman–Crippen LogP) is 2.68. The second kappa shape index (κ2) is 7.98. The van der Waals surface area contributed by atoms with E-state index in [-0.39, 0.29) is 17.4 Å². The van der Waals surface area contributed by atoms with Crippen LogP contribution in [0.2, 0.25) is 0 Å². The summed E-state index contributed by atoms with van der Waals surface area (Å²) in [5, 5.41) is 0. The van der Waals surface area contributed by atoms with Crippen molar-refractivity contribution >= 4 is 17.1 Å². The second-order valence-corrected chi connectivity index (χ2v) is 9.97. The van der Waals surface area contributed by atoms with Crippen LogP contribution in [0, 0.1) is 0 Å². The molecular weight excluding hydrogens is 396 g/mol. The highest BCUT2D eigenvalue weighted by atomic mass is 16.6.